The van der Waals surface area contributed by atoms with E-state index in [0.717, 1.165) is 17.5 Å². The topological polar surface area (TPSA) is 90.1 Å². The molecule has 0 spiro atoms. The van der Waals surface area contributed by atoms with Crippen LogP contribution < -0.4 is 15.8 Å². The van der Waals surface area contributed by atoms with Crippen LogP contribution in [-0.4, -0.2) is 28.0 Å². The van der Waals surface area contributed by atoms with Crippen LogP contribution in [0.2, 0.25) is 5.02 Å². The molecule has 30 heavy (non-hydrogen) atoms. The van der Waals surface area contributed by atoms with Gasteiger partial charge in [0, 0.05) is 23.3 Å². The summed E-state index contributed by atoms with van der Waals surface area (Å²) in [7, 11) is 0. The summed E-state index contributed by atoms with van der Waals surface area (Å²) in [5.41, 5.74) is 7.65. The summed E-state index contributed by atoms with van der Waals surface area (Å²) in [4.78, 5) is 20.4. The van der Waals surface area contributed by atoms with Gasteiger partial charge in [-0.1, -0.05) is 31.5 Å². The number of nitrogens with one attached hydrogen (secondary N) is 1. The van der Waals surface area contributed by atoms with Gasteiger partial charge in [-0.25, -0.2) is 9.97 Å². The Morgan fingerprint density at radius 3 is 2.67 bits per heavy atom. The van der Waals surface area contributed by atoms with Gasteiger partial charge >= 0.3 is 0 Å². The number of anilines is 1. The van der Waals surface area contributed by atoms with Crippen molar-refractivity contribution in [1.82, 2.24) is 9.97 Å². The highest BCUT2D eigenvalue weighted by Crippen LogP contribution is 2.31. The largest absolute Gasteiger partial charge is 0.490 e. The van der Waals surface area contributed by atoms with Gasteiger partial charge in [0.15, 0.2) is 5.01 Å². The van der Waals surface area contributed by atoms with Crippen molar-refractivity contribution in [3.05, 3.63) is 58.1 Å². The summed E-state index contributed by atoms with van der Waals surface area (Å²) in [5.74, 6) is 1.23. The van der Waals surface area contributed by atoms with Crippen LogP contribution in [0.3, 0.4) is 0 Å². The standard InChI is InChI=1S/C22H25ClN4O2S/c1-14(2)12-22(3,24)13-29-18-5-4-15(10-17(18)23)16-6-7-25-19(11-16)27-20(28)21-26-8-9-30-21/h4-11,14H,12-13,24H2,1-3H3,(H,25,27,28). The maximum atomic E-state index is 12.2. The van der Waals surface area contributed by atoms with E-state index in [1.807, 2.05) is 31.2 Å². The number of carbonyl (C=O) groups is 1. The van der Waals surface area contributed by atoms with Gasteiger partial charge in [-0.05, 0) is 54.7 Å². The Kier molecular flexibility index (Phi) is 7.07. The van der Waals surface area contributed by atoms with Gasteiger partial charge in [0.25, 0.3) is 5.91 Å². The number of halogens is 1. The van der Waals surface area contributed by atoms with Crippen LogP contribution in [-0.2, 0) is 0 Å². The molecule has 6 nitrogen and oxygen atoms in total. The van der Waals surface area contributed by atoms with E-state index in [-0.39, 0.29) is 5.91 Å². The van der Waals surface area contributed by atoms with Gasteiger partial charge in [0.1, 0.15) is 18.2 Å². The highest BCUT2D eigenvalue weighted by molar-refractivity contribution is 7.11. The van der Waals surface area contributed by atoms with Gasteiger partial charge in [-0.3, -0.25) is 4.79 Å². The fourth-order valence-corrected chi connectivity index (χ4v) is 3.98. The maximum absolute atomic E-state index is 12.2. The molecule has 2 aromatic heterocycles. The second kappa shape index (κ2) is 9.55. The van der Waals surface area contributed by atoms with Crippen molar-refractivity contribution in [1.29, 1.82) is 0 Å². The number of hydrogen-bond acceptors (Lipinski definition) is 6. The van der Waals surface area contributed by atoms with E-state index in [0.29, 0.717) is 34.1 Å². The molecule has 3 rings (SSSR count). The number of benzene rings is 1. The van der Waals surface area contributed by atoms with E-state index in [1.54, 1.807) is 23.8 Å². The minimum atomic E-state index is -0.425. The second-order valence-electron chi connectivity index (χ2n) is 7.91. The number of amides is 1. The number of carbonyl (C=O) groups excluding carboxylic acids is 1. The molecule has 0 aliphatic carbocycles. The number of rotatable bonds is 8. The number of hydrogen-bond donors (Lipinski definition) is 2. The minimum Gasteiger partial charge on any atom is -0.490 e. The Morgan fingerprint density at radius 2 is 2.00 bits per heavy atom. The fourth-order valence-electron chi connectivity index (χ4n) is 3.22. The zero-order chi connectivity index (χ0) is 21.7. The molecule has 158 valence electrons. The monoisotopic (exact) mass is 444 g/mol. The Bertz CT molecular complexity index is 1010. The molecule has 3 N–H and O–H groups in total. The number of nitrogens with zero attached hydrogens (tertiary/aromatic N) is 2. The lowest BCUT2D eigenvalue weighted by Gasteiger charge is -2.26. The van der Waals surface area contributed by atoms with Crippen LogP contribution in [0, 0.1) is 5.92 Å². The molecule has 1 aromatic carbocycles. The third-order valence-corrected chi connectivity index (χ3v) is 5.39. The third kappa shape index (κ3) is 6.01. The molecule has 1 amide bonds. The molecule has 1 unspecified atom stereocenters. The molecule has 0 fully saturated rings. The zero-order valence-corrected chi connectivity index (χ0v) is 18.8. The van der Waals surface area contributed by atoms with Crippen molar-refractivity contribution in [3.8, 4) is 16.9 Å². The highest BCUT2D eigenvalue weighted by atomic mass is 35.5. The number of ether oxygens (including phenoxy) is 1. The molecule has 0 aliphatic heterocycles. The number of thiazole rings is 1. The first-order valence-corrected chi connectivity index (χ1v) is 10.9. The normalized spacial score (nSPS) is 13.1. The van der Waals surface area contributed by atoms with Gasteiger partial charge in [-0.2, -0.15) is 0 Å². The number of aromatic nitrogens is 2. The van der Waals surface area contributed by atoms with Crippen LogP contribution >= 0.6 is 22.9 Å². The van der Waals surface area contributed by atoms with E-state index in [2.05, 4.69) is 29.1 Å². The SMILES string of the molecule is CC(C)CC(C)(N)COc1ccc(-c2ccnc(NC(=O)c3nccs3)c2)cc1Cl. The maximum Gasteiger partial charge on any atom is 0.285 e. The minimum absolute atomic E-state index is 0.289. The van der Waals surface area contributed by atoms with Crippen LogP contribution in [0.15, 0.2) is 48.1 Å². The van der Waals surface area contributed by atoms with Crippen molar-refractivity contribution >= 4 is 34.7 Å². The van der Waals surface area contributed by atoms with Crippen LogP contribution in [0.1, 0.15) is 37.0 Å². The smallest absolute Gasteiger partial charge is 0.285 e. The average Bonchev–Trinajstić information content (AvgIpc) is 3.21. The first-order valence-electron chi connectivity index (χ1n) is 9.62. The average molecular weight is 445 g/mol. The molecule has 8 heteroatoms. The van der Waals surface area contributed by atoms with Crippen LogP contribution in [0.25, 0.3) is 11.1 Å². The van der Waals surface area contributed by atoms with Crippen LogP contribution in [0.5, 0.6) is 5.75 Å². The predicted molar refractivity (Wildman–Crippen MR) is 122 cm³/mol. The van der Waals surface area contributed by atoms with Gasteiger partial charge < -0.3 is 15.8 Å². The Balaban J connectivity index is 1.71. The first kappa shape index (κ1) is 22.2. The van der Waals surface area contributed by atoms with Crippen molar-refractivity contribution in [2.24, 2.45) is 11.7 Å². The van der Waals surface area contributed by atoms with E-state index in [1.165, 1.54) is 11.3 Å². The first-order chi connectivity index (χ1) is 14.2. The second-order valence-corrected chi connectivity index (χ2v) is 9.21. The van der Waals surface area contributed by atoms with Crippen molar-refractivity contribution in [3.63, 3.8) is 0 Å². The molecule has 0 aliphatic rings. The van der Waals surface area contributed by atoms with E-state index in [9.17, 15) is 4.79 Å². The number of pyridine rings is 1. The Hall–Kier alpha value is -2.48. The molecular weight excluding hydrogens is 420 g/mol. The van der Waals surface area contributed by atoms with Gasteiger partial charge in [0.05, 0.1) is 5.02 Å². The van der Waals surface area contributed by atoms with Crippen molar-refractivity contribution in [2.75, 3.05) is 11.9 Å². The summed E-state index contributed by atoms with van der Waals surface area (Å²) < 4.78 is 5.88. The number of nitrogens with two attached hydrogens (primary N) is 1. The summed E-state index contributed by atoms with van der Waals surface area (Å²) in [5, 5.41) is 5.39. The van der Waals surface area contributed by atoms with Crippen molar-refractivity contribution < 1.29 is 9.53 Å². The quantitative estimate of drug-likeness (QED) is 0.495. The molecule has 1 atom stereocenters. The summed E-state index contributed by atoms with van der Waals surface area (Å²) in [6, 6.07) is 9.22. The fraction of sp³-hybridized carbons (Fsp3) is 0.318. The summed E-state index contributed by atoms with van der Waals surface area (Å²) in [6.07, 6.45) is 4.08. The third-order valence-electron chi connectivity index (χ3n) is 4.33. The molecule has 0 saturated heterocycles. The molecular formula is C22H25ClN4O2S. The zero-order valence-electron chi connectivity index (χ0n) is 17.2. The highest BCUT2D eigenvalue weighted by Gasteiger charge is 2.21. The molecule has 2 heterocycles. The summed E-state index contributed by atoms with van der Waals surface area (Å²) >= 11 is 7.72. The lowest BCUT2D eigenvalue weighted by Crippen LogP contribution is -2.43. The summed E-state index contributed by atoms with van der Waals surface area (Å²) in [6.45, 7) is 6.63. The Labute approximate surface area is 185 Å². The lowest BCUT2D eigenvalue weighted by atomic mass is 9.93. The van der Waals surface area contributed by atoms with Gasteiger partial charge in [-0.15, -0.1) is 11.3 Å². The molecule has 0 saturated carbocycles. The van der Waals surface area contributed by atoms with Crippen LogP contribution in [0.4, 0.5) is 5.82 Å². The van der Waals surface area contributed by atoms with E-state index in [4.69, 9.17) is 22.1 Å². The molecule has 0 radical (unpaired) electrons. The predicted octanol–water partition coefficient (Wildman–Crippen LogP) is 5.25. The van der Waals surface area contributed by atoms with Crippen molar-refractivity contribution in [2.45, 2.75) is 32.7 Å². The lowest BCUT2D eigenvalue weighted by molar-refractivity contribution is 0.102. The van der Waals surface area contributed by atoms with Gasteiger partial charge in [0.2, 0.25) is 0 Å². The van der Waals surface area contributed by atoms with E-state index >= 15 is 0 Å². The van der Waals surface area contributed by atoms with E-state index < -0.39 is 5.54 Å². The molecule has 3 aromatic rings. The molecule has 0 bridgehead atoms. The Morgan fingerprint density at radius 1 is 1.23 bits per heavy atom.